The molecule has 0 radical (unpaired) electrons. The van der Waals surface area contributed by atoms with Gasteiger partial charge in [-0.05, 0) is 12.8 Å². The van der Waals surface area contributed by atoms with Crippen LogP contribution in [0.15, 0.2) is 0 Å². The van der Waals surface area contributed by atoms with Crippen LogP contribution in [0.2, 0.25) is 0 Å². The van der Waals surface area contributed by atoms with Crippen LogP contribution in [0.4, 0.5) is 0 Å². The third-order valence-corrected chi connectivity index (χ3v) is 2.22. The summed E-state index contributed by atoms with van der Waals surface area (Å²) in [4.78, 5) is 12.2. The lowest BCUT2D eigenvalue weighted by atomic mass is 10.2. The number of nitrogens with zero attached hydrogens (tertiary/aromatic N) is 1. The number of carbonyl (C=O) groups is 1. The summed E-state index contributed by atoms with van der Waals surface area (Å²) < 4.78 is 5.53. The minimum atomic E-state index is 0.337. The fourth-order valence-corrected chi connectivity index (χ4v) is 1.73. The van der Waals surface area contributed by atoms with Gasteiger partial charge in [-0.1, -0.05) is 0 Å². The van der Waals surface area contributed by atoms with Gasteiger partial charge in [0.1, 0.15) is 0 Å². The molecule has 0 aromatic carbocycles. The Bertz CT molecular complexity index is 137. The van der Waals surface area contributed by atoms with Crippen molar-refractivity contribution in [1.29, 1.82) is 0 Å². The van der Waals surface area contributed by atoms with E-state index in [-0.39, 0.29) is 0 Å². The molecule has 10 heavy (non-hydrogen) atoms. The van der Waals surface area contributed by atoms with Gasteiger partial charge in [0.25, 0.3) is 0 Å². The molecule has 2 saturated heterocycles. The molecule has 0 aliphatic carbocycles. The summed E-state index contributed by atoms with van der Waals surface area (Å²) in [5, 5.41) is 0. The molecule has 0 saturated carbocycles. The van der Waals surface area contributed by atoms with Crippen molar-refractivity contribution in [2.24, 2.45) is 0 Å². The molecular formula is C7H11NO2. The SMILES string of the molecule is O=CN1CC2CCC(C1)O2. The second-order valence-electron chi connectivity index (χ2n) is 3.02. The monoisotopic (exact) mass is 141 g/mol. The molecule has 3 heteroatoms. The Morgan fingerprint density at radius 1 is 1.30 bits per heavy atom. The molecule has 3 nitrogen and oxygen atoms in total. The van der Waals surface area contributed by atoms with Crippen molar-refractivity contribution < 1.29 is 9.53 Å². The predicted molar refractivity (Wildman–Crippen MR) is 35.5 cm³/mol. The van der Waals surface area contributed by atoms with E-state index in [1.807, 2.05) is 4.90 Å². The van der Waals surface area contributed by atoms with E-state index in [2.05, 4.69) is 0 Å². The first kappa shape index (κ1) is 6.16. The number of fused-ring (bicyclic) bond motifs is 2. The van der Waals surface area contributed by atoms with Crippen LogP contribution in [-0.4, -0.2) is 36.6 Å². The van der Waals surface area contributed by atoms with Gasteiger partial charge in [0.15, 0.2) is 0 Å². The zero-order valence-corrected chi connectivity index (χ0v) is 5.82. The fraction of sp³-hybridized carbons (Fsp3) is 0.857. The first-order valence-electron chi connectivity index (χ1n) is 3.73. The van der Waals surface area contributed by atoms with Gasteiger partial charge in [-0.25, -0.2) is 0 Å². The van der Waals surface area contributed by atoms with Crippen LogP contribution in [0.1, 0.15) is 12.8 Å². The molecule has 2 bridgehead atoms. The van der Waals surface area contributed by atoms with Crippen molar-refractivity contribution in [2.45, 2.75) is 25.0 Å². The van der Waals surface area contributed by atoms with E-state index in [0.717, 1.165) is 32.3 Å². The Labute approximate surface area is 60.0 Å². The summed E-state index contributed by atoms with van der Waals surface area (Å²) in [6, 6.07) is 0. The van der Waals surface area contributed by atoms with Crippen molar-refractivity contribution in [3.63, 3.8) is 0 Å². The highest BCUT2D eigenvalue weighted by Gasteiger charge is 2.32. The fourth-order valence-electron chi connectivity index (χ4n) is 1.73. The molecule has 2 aliphatic heterocycles. The molecule has 1 amide bonds. The average molecular weight is 141 g/mol. The third kappa shape index (κ3) is 0.904. The zero-order valence-electron chi connectivity index (χ0n) is 5.82. The normalized spacial score (nSPS) is 38.2. The standard InChI is InChI=1S/C7H11NO2/c9-5-8-3-6-1-2-7(4-8)10-6/h5-7H,1-4H2. The number of amides is 1. The number of carbonyl (C=O) groups excluding carboxylic acids is 1. The topological polar surface area (TPSA) is 29.5 Å². The molecule has 56 valence electrons. The largest absolute Gasteiger partial charge is 0.371 e. The maximum atomic E-state index is 10.3. The van der Waals surface area contributed by atoms with Gasteiger partial charge in [-0.3, -0.25) is 4.79 Å². The first-order chi connectivity index (χ1) is 4.88. The lowest BCUT2D eigenvalue weighted by Gasteiger charge is -2.28. The number of rotatable bonds is 1. The van der Waals surface area contributed by atoms with Crippen LogP contribution >= 0.6 is 0 Å². The number of hydrogen-bond acceptors (Lipinski definition) is 2. The first-order valence-corrected chi connectivity index (χ1v) is 3.73. The summed E-state index contributed by atoms with van der Waals surface area (Å²) in [5.74, 6) is 0. The summed E-state index contributed by atoms with van der Waals surface area (Å²) in [7, 11) is 0. The Kier molecular flexibility index (Phi) is 1.38. The molecule has 2 rings (SSSR count). The summed E-state index contributed by atoms with van der Waals surface area (Å²) in [6.45, 7) is 1.61. The van der Waals surface area contributed by atoms with E-state index in [1.165, 1.54) is 0 Å². The predicted octanol–water partition coefficient (Wildman–Crippen LogP) is 0.00600. The second kappa shape index (κ2) is 2.23. The van der Waals surface area contributed by atoms with E-state index in [0.29, 0.717) is 12.2 Å². The van der Waals surface area contributed by atoms with Gasteiger partial charge in [-0.2, -0.15) is 0 Å². The van der Waals surface area contributed by atoms with Gasteiger partial charge in [0.2, 0.25) is 6.41 Å². The molecule has 0 aromatic heterocycles. The van der Waals surface area contributed by atoms with Crippen molar-refractivity contribution in [3.05, 3.63) is 0 Å². The highest BCUT2D eigenvalue weighted by molar-refractivity contribution is 5.47. The van der Waals surface area contributed by atoms with Crippen molar-refractivity contribution in [3.8, 4) is 0 Å². The van der Waals surface area contributed by atoms with Gasteiger partial charge in [0, 0.05) is 13.1 Å². The van der Waals surface area contributed by atoms with Gasteiger partial charge >= 0.3 is 0 Å². The van der Waals surface area contributed by atoms with Crippen LogP contribution in [0.3, 0.4) is 0 Å². The lowest BCUT2D eigenvalue weighted by molar-refractivity contribution is -0.126. The van der Waals surface area contributed by atoms with Gasteiger partial charge < -0.3 is 9.64 Å². The molecule has 2 fully saturated rings. The van der Waals surface area contributed by atoms with Crippen LogP contribution in [0.5, 0.6) is 0 Å². The Morgan fingerprint density at radius 2 is 1.90 bits per heavy atom. The third-order valence-electron chi connectivity index (χ3n) is 2.22. The number of hydrogen-bond donors (Lipinski definition) is 0. The Morgan fingerprint density at radius 3 is 2.40 bits per heavy atom. The average Bonchev–Trinajstić information content (AvgIpc) is 2.30. The van der Waals surface area contributed by atoms with Crippen LogP contribution in [0.25, 0.3) is 0 Å². The summed E-state index contributed by atoms with van der Waals surface area (Å²) in [6.07, 6.45) is 3.87. The summed E-state index contributed by atoms with van der Waals surface area (Å²) in [5.41, 5.74) is 0. The minimum absolute atomic E-state index is 0.337. The number of ether oxygens (including phenoxy) is 1. The van der Waals surface area contributed by atoms with E-state index >= 15 is 0 Å². The summed E-state index contributed by atoms with van der Waals surface area (Å²) >= 11 is 0. The highest BCUT2D eigenvalue weighted by Crippen LogP contribution is 2.24. The smallest absolute Gasteiger partial charge is 0.209 e. The Hall–Kier alpha value is -0.570. The Balaban J connectivity index is 2.02. The van der Waals surface area contributed by atoms with E-state index in [4.69, 9.17) is 4.74 Å². The molecule has 0 aromatic rings. The van der Waals surface area contributed by atoms with Crippen LogP contribution in [-0.2, 0) is 9.53 Å². The number of likely N-dealkylation sites (tertiary alicyclic amines) is 1. The van der Waals surface area contributed by atoms with Crippen LogP contribution in [0, 0.1) is 0 Å². The van der Waals surface area contributed by atoms with Crippen molar-refractivity contribution in [1.82, 2.24) is 4.90 Å². The molecular weight excluding hydrogens is 130 g/mol. The molecule has 0 spiro atoms. The maximum absolute atomic E-state index is 10.3. The molecule has 2 heterocycles. The van der Waals surface area contributed by atoms with E-state index < -0.39 is 0 Å². The maximum Gasteiger partial charge on any atom is 0.209 e. The molecule has 0 N–H and O–H groups in total. The van der Waals surface area contributed by atoms with Gasteiger partial charge in [0.05, 0.1) is 12.2 Å². The van der Waals surface area contributed by atoms with E-state index in [9.17, 15) is 4.79 Å². The quantitative estimate of drug-likeness (QED) is 0.481. The van der Waals surface area contributed by atoms with Gasteiger partial charge in [-0.15, -0.1) is 0 Å². The molecule has 2 aliphatic rings. The lowest BCUT2D eigenvalue weighted by Crippen LogP contribution is -2.41. The van der Waals surface area contributed by atoms with Crippen LogP contribution < -0.4 is 0 Å². The highest BCUT2D eigenvalue weighted by atomic mass is 16.5. The molecule has 2 atom stereocenters. The van der Waals surface area contributed by atoms with Crippen molar-refractivity contribution >= 4 is 6.41 Å². The van der Waals surface area contributed by atoms with Crippen molar-refractivity contribution in [2.75, 3.05) is 13.1 Å². The van der Waals surface area contributed by atoms with E-state index in [1.54, 1.807) is 0 Å². The number of morpholine rings is 1. The zero-order chi connectivity index (χ0) is 6.97. The minimum Gasteiger partial charge on any atom is -0.371 e. The molecule has 2 unspecified atom stereocenters. The second-order valence-corrected chi connectivity index (χ2v) is 3.02.